The zero-order valence-electron chi connectivity index (χ0n) is 30.3. The number of benzene rings is 9. The van der Waals surface area contributed by atoms with Crippen LogP contribution in [-0.2, 0) is 5.41 Å². The van der Waals surface area contributed by atoms with Gasteiger partial charge in [-0.05, 0) is 98.8 Å². The Morgan fingerprint density at radius 1 is 0.357 bits per heavy atom. The van der Waals surface area contributed by atoms with Gasteiger partial charge in [0.15, 0.2) is 0 Å². The molecule has 0 amide bonds. The second kappa shape index (κ2) is 11.8. The Kier molecular flexibility index (Phi) is 6.55. The van der Waals surface area contributed by atoms with E-state index < -0.39 is 5.41 Å². The second-order valence-corrected chi connectivity index (χ2v) is 14.8. The molecule has 1 aliphatic carbocycles. The predicted molar refractivity (Wildman–Crippen MR) is 230 cm³/mol. The molecule has 262 valence electrons. The van der Waals surface area contributed by atoms with Crippen molar-refractivity contribution in [3.63, 3.8) is 0 Å². The van der Waals surface area contributed by atoms with Crippen LogP contribution in [0.1, 0.15) is 22.3 Å². The van der Waals surface area contributed by atoms with Gasteiger partial charge in [-0.3, -0.25) is 0 Å². The van der Waals surface area contributed by atoms with E-state index in [-0.39, 0.29) is 0 Å². The van der Waals surface area contributed by atoms with Crippen molar-refractivity contribution in [1.82, 2.24) is 0 Å². The summed E-state index contributed by atoms with van der Waals surface area (Å²) in [5.41, 5.74) is 13.5. The quantitative estimate of drug-likeness (QED) is 0.172. The van der Waals surface area contributed by atoms with Crippen LogP contribution in [0.5, 0.6) is 0 Å². The normalized spacial score (nSPS) is 13.1. The number of hydrogen-bond acceptors (Lipinski definition) is 3. The zero-order chi connectivity index (χ0) is 36.8. The SMILES string of the molecule is c1ccc(C2(c3cccc(N(c4ccc(-c5cccc6ccccc56)cc4)c4ccc5c(c4)oc4ccccc45)c3)c3cccc4oc5cccc2c5c34)cc1. The van der Waals surface area contributed by atoms with Gasteiger partial charge in [0.05, 0.1) is 5.41 Å². The Morgan fingerprint density at radius 3 is 1.73 bits per heavy atom. The first-order chi connectivity index (χ1) is 27.8. The number of rotatable bonds is 6. The van der Waals surface area contributed by atoms with Crippen molar-refractivity contribution in [2.75, 3.05) is 4.90 Å². The minimum atomic E-state index is -0.551. The first kappa shape index (κ1) is 31.0. The molecule has 9 aromatic carbocycles. The van der Waals surface area contributed by atoms with Crippen molar-refractivity contribution in [1.29, 1.82) is 0 Å². The van der Waals surface area contributed by atoms with Gasteiger partial charge in [-0.15, -0.1) is 0 Å². The zero-order valence-corrected chi connectivity index (χ0v) is 30.3. The highest BCUT2D eigenvalue weighted by Crippen LogP contribution is 2.57. The third-order valence-corrected chi connectivity index (χ3v) is 11.9. The van der Waals surface area contributed by atoms with Crippen LogP contribution in [0.4, 0.5) is 17.1 Å². The molecule has 0 saturated heterocycles. The number of nitrogens with zero attached hydrogens (tertiary/aromatic N) is 1. The van der Waals surface area contributed by atoms with E-state index in [1.165, 1.54) is 54.9 Å². The monoisotopic (exact) mass is 715 g/mol. The van der Waals surface area contributed by atoms with Gasteiger partial charge >= 0.3 is 0 Å². The van der Waals surface area contributed by atoms with Crippen LogP contribution in [0.3, 0.4) is 0 Å². The molecular formula is C53H33NO2. The van der Waals surface area contributed by atoms with Crippen LogP contribution in [0.15, 0.2) is 209 Å². The minimum Gasteiger partial charge on any atom is -0.456 e. The van der Waals surface area contributed by atoms with Crippen LogP contribution in [0, 0.1) is 0 Å². The highest BCUT2D eigenvalue weighted by molar-refractivity contribution is 6.14. The van der Waals surface area contributed by atoms with Crippen LogP contribution >= 0.6 is 0 Å². The maximum Gasteiger partial charge on any atom is 0.137 e. The van der Waals surface area contributed by atoms with Gasteiger partial charge in [0, 0.05) is 44.7 Å². The molecule has 0 bridgehead atoms. The lowest BCUT2D eigenvalue weighted by molar-refractivity contribution is 0.663. The van der Waals surface area contributed by atoms with E-state index in [9.17, 15) is 0 Å². The molecule has 0 fully saturated rings. The summed E-state index contributed by atoms with van der Waals surface area (Å²) < 4.78 is 12.9. The van der Waals surface area contributed by atoms with Crippen molar-refractivity contribution < 1.29 is 8.83 Å². The number of furan rings is 2. The van der Waals surface area contributed by atoms with Crippen LogP contribution in [0.2, 0.25) is 0 Å². The lowest BCUT2D eigenvalue weighted by Gasteiger charge is -2.35. The van der Waals surface area contributed by atoms with E-state index >= 15 is 0 Å². The van der Waals surface area contributed by atoms with E-state index in [0.717, 1.165) is 50.2 Å². The highest BCUT2D eigenvalue weighted by atomic mass is 16.3. The summed E-state index contributed by atoms with van der Waals surface area (Å²) in [5, 5.41) is 7.10. The Balaban J connectivity index is 1.08. The molecule has 0 saturated carbocycles. The third-order valence-electron chi connectivity index (χ3n) is 11.9. The summed E-state index contributed by atoms with van der Waals surface area (Å²) in [6.45, 7) is 0. The molecule has 0 aliphatic heterocycles. The molecule has 0 radical (unpaired) electrons. The van der Waals surface area contributed by atoms with E-state index in [1.807, 2.05) is 12.1 Å². The topological polar surface area (TPSA) is 29.5 Å². The lowest BCUT2D eigenvalue weighted by atomic mass is 9.67. The van der Waals surface area contributed by atoms with Crippen molar-refractivity contribution in [2.45, 2.75) is 5.41 Å². The standard InChI is InChI=1S/C53H33NO2/c1-2-14-36(15-3-1)53(45-21-10-24-48-51(45)52-46(53)22-11-25-49(52)56-48)37-16-9-17-39(32-37)54(40-30-31-44-43-19-6-7-23-47(43)55-50(44)33-40)38-28-26-35(27-29-38)42-20-8-13-34-12-4-5-18-41(34)42/h1-33H. The average Bonchev–Trinajstić information content (AvgIpc) is 3.93. The molecule has 2 heterocycles. The van der Waals surface area contributed by atoms with Gasteiger partial charge in [0.25, 0.3) is 0 Å². The van der Waals surface area contributed by atoms with Gasteiger partial charge in [0.1, 0.15) is 22.3 Å². The fourth-order valence-electron chi connectivity index (χ4n) is 9.56. The van der Waals surface area contributed by atoms with E-state index in [4.69, 9.17) is 8.83 Å². The summed E-state index contributed by atoms with van der Waals surface area (Å²) in [6.07, 6.45) is 0. The molecule has 3 heteroatoms. The fourth-order valence-corrected chi connectivity index (χ4v) is 9.56. The molecule has 3 nitrogen and oxygen atoms in total. The van der Waals surface area contributed by atoms with Gasteiger partial charge < -0.3 is 13.7 Å². The molecule has 11 aromatic rings. The summed E-state index contributed by atoms with van der Waals surface area (Å²) in [5.74, 6) is 0. The van der Waals surface area contributed by atoms with E-state index in [0.29, 0.717) is 0 Å². The average molecular weight is 716 g/mol. The molecule has 0 spiro atoms. The van der Waals surface area contributed by atoms with Crippen LogP contribution < -0.4 is 4.90 Å². The number of fused-ring (bicyclic) bond motifs is 4. The number of hydrogen-bond donors (Lipinski definition) is 0. The van der Waals surface area contributed by atoms with E-state index in [2.05, 4.69) is 193 Å². The largest absolute Gasteiger partial charge is 0.456 e. The van der Waals surface area contributed by atoms with Crippen molar-refractivity contribution in [3.05, 3.63) is 222 Å². The summed E-state index contributed by atoms with van der Waals surface area (Å²) in [6, 6.07) is 72.1. The maximum atomic E-state index is 6.47. The second-order valence-electron chi connectivity index (χ2n) is 14.8. The molecule has 0 unspecified atom stereocenters. The molecule has 2 aromatic heterocycles. The first-order valence-corrected chi connectivity index (χ1v) is 19.2. The van der Waals surface area contributed by atoms with Gasteiger partial charge in [-0.1, -0.05) is 140 Å². The van der Waals surface area contributed by atoms with Crippen LogP contribution in [-0.4, -0.2) is 0 Å². The Bertz CT molecular complexity index is 3250. The maximum absolute atomic E-state index is 6.47. The smallest absolute Gasteiger partial charge is 0.137 e. The van der Waals surface area contributed by atoms with Crippen molar-refractivity contribution in [2.24, 2.45) is 0 Å². The Morgan fingerprint density at radius 2 is 0.929 bits per heavy atom. The predicted octanol–water partition coefficient (Wildman–Crippen LogP) is 14.5. The Hall–Kier alpha value is -7.36. The van der Waals surface area contributed by atoms with Crippen molar-refractivity contribution in [3.8, 4) is 11.1 Å². The molecule has 0 N–H and O–H groups in total. The third kappa shape index (κ3) is 4.34. The minimum absolute atomic E-state index is 0.551. The molecule has 12 rings (SSSR count). The molecule has 0 atom stereocenters. The molecular weight excluding hydrogens is 683 g/mol. The number of para-hydroxylation sites is 1. The summed E-state index contributed by atoms with van der Waals surface area (Å²) in [4.78, 5) is 2.36. The Labute approximate surface area is 323 Å². The molecule has 56 heavy (non-hydrogen) atoms. The summed E-state index contributed by atoms with van der Waals surface area (Å²) in [7, 11) is 0. The highest BCUT2D eigenvalue weighted by Gasteiger charge is 2.46. The first-order valence-electron chi connectivity index (χ1n) is 19.2. The van der Waals surface area contributed by atoms with Crippen molar-refractivity contribution >= 4 is 71.7 Å². The van der Waals surface area contributed by atoms with Crippen LogP contribution in [0.25, 0.3) is 65.8 Å². The van der Waals surface area contributed by atoms with Gasteiger partial charge in [-0.2, -0.15) is 0 Å². The lowest BCUT2D eigenvalue weighted by Crippen LogP contribution is -2.29. The van der Waals surface area contributed by atoms with E-state index in [1.54, 1.807) is 0 Å². The fraction of sp³-hybridized carbons (Fsp3) is 0.0189. The van der Waals surface area contributed by atoms with Gasteiger partial charge in [0.2, 0.25) is 0 Å². The number of anilines is 3. The van der Waals surface area contributed by atoms with Gasteiger partial charge in [-0.25, -0.2) is 0 Å². The molecule has 1 aliphatic rings. The summed E-state index contributed by atoms with van der Waals surface area (Å²) >= 11 is 0.